The molecule has 0 aliphatic heterocycles. The molecule has 0 saturated heterocycles. The van der Waals surface area contributed by atoms with Crippen molar-refractivity contribution in [3.63, 3.8) is 0 Å². The summed E-state index contributed by atoms with van der Waals surface area (Å²) in [7, 11) is 4.10. The predicted molar refractivity (Wildman–Crippen MR) is 193 cm³/mol. The lowest BCUT2D eigenvalue weighted by Gasteiger charge is -2.21. The molecule has 0 bridgehead atoms. The number of ether oxygens (including phenoxy) is 4. The van der Waals surface area contributed by atoms with E-state index in [1.807, 2.05) is 14.1 Å². The average molecular weight is 684 g/mol. The number of ketones is 2. The normalized spacial score (nSPS) is 11.9. The predicted octanol–water partition coefficient (Wildman–Crippen LogP) is 8.58. The molecular formula is C39H73NO8. The Morgan fingerprint density at radius 3 is 1.35 bits per heavy atom. The zero-order valence-electron chi connectivity index (χ0n) is 31.5. The zero-order chi connectivity index (χ0) is 35.5. The summed E-state index contributed by atoms with van der Waals surface area (Å²) >= 11 is 0. The second kappa shape index (κ2) is 35.0. The molecule has 9 nitrogen and oxygen atoms in total. The molecule has 0 saturated carbocycles. The van der Waals surface area contributed by atoms with Crippen LogP contribution in [0.3, 0.4) is 0 Å². The minimum absolute atomic E-state index is 0.0120. The van der Waals surface area contributed by atoms with Crippen LogP contribution in [0.1, 0.15) is 168 Å². The van der Waals surface area contributed by atoms with E-state index >= 15 is 0 Å². The topological polar surface area (TPSA) is 108 Å². The maximum Gasteiger partial charge on any atom is 0.313 e. The van der Waals surface area contributed by atoms with E-state index in [9.17, 15) is 19.2 Å². The van der Waals surface area contributed by atoms with Gasteiger partial charge in [0.1, 0.15) is 24.4 Å². The van der Waals surface area contributed by atoms with E-state index < -0.39 is 0 Å². The number of unbranched alkanes of at least 4 members (excludes halogenated alkanes) is 16. The Morgan fingerprint density at radius 2 is 0.896 bits per heavy atom. The van der Waals surface area contributed by atoms with Crippen LogP contribution in [0.2, 0.25) is 0 Å². The van der Waals surface area contributed by atoms with Gasteiger partial charge in [0.25, 0.3) is 0 Å². The third-order valence-electron chi connectivity index (χ3n) is 8.28. The Kier molecular flexibility index (Phi) is 33.7. The van der Waals surface area contributed by atoms with E-state index in [2.05, 4.69) is 18.7 Å². The van der Waals surface area contributed by atoms with Crippen molar-refractivity contribution >= 4 is 23.5 Å². The molecule has 0 aromatic heterocycles. The van der Waals surface area contributed by atoms with Crippen LogP contribution >= 0.6 is 0 Å². The molecule has 0 fully saturated rings. The SMILES string of the molecule is CCCCCCOC(=O)CC(=O)CCCCCCCCOCC(CN(C)C)OCCCCCCCCC(=O)CC(=O)OCCCCCC. The number of hydrogen-bond acceptors (Lipinski definition) is 9. The quantitative estimate of drug-likeness (QED) is 0.0361. The Bertz CT molecular complexity index is 788. The molecule has 0 aliphatic carbocycles. The van der Waals surface area contributed by atoms with Crippen molar-refractivity contribution < 1.29 is 38.1 Å². The minimum atomic E-state index is -0.381. The zero-order valence-corrected chi connectivity index (χ0v) is 31.5. The van der Waals surface area contributed by atoms with E-state index in [-0.39, 0.29) is 42.5 Å². The molecule has 0 aromatic carbocycles. The minimum Gasteiger partial charge on any atom is -0.465 e. The highest BCUT2D eigenvalue weighted by atomic mass is 16.5. The third-order valence-corrected chi connectivity index (χ3v) is 8.28. The molecule has 282 valence electrons. The first-order valence-corrected chi connectivity index (χ1v) is 19.5. The van der Waals surface area contributed by atoms with Crippen molar-refractivity contribution in [2.24, 2.45) is 0 Å². The van der Waals surface area contributed by atoms with E-state index in [1.54, 1.807) is 0 Å². The van der Waals surface area contributed by atoms with Crippen molar-refractivity contribution in [2.45, 2.75) is 174 Å². The number of hydrogen-bond donors (Lipinski definition) is 0. The van der Waals surface area contributed by atoms with Crippen LogP contribution in [-0.2, 0) is 38.1 Å². The molecule has 0 heterocycles. The lowest BCUT2D eigenvalue weighted by Crippen LogP contribution is -2.32. The van der Waals surface area contributed by atoms with Gasteiger partial charge in [-0.2, -0.15) is 0 Å². The summed E-state index contributed by atoms with van der Waals surface area (Å²) in [4.78, 5) is 49.6. The van der Waals surface area contributed by atoms with Crippen molar-refractivity contribution in [2.75, 3.05) is 53.7 Å². The highest BCUT2D eigenvalue weighted by molar-refractivity contribution is 5.95. The summed E-state index contributed by atoms with van der Waals surface area (Å²) in [6, 6.07) is 0. The molecule has 1 atom stereocenters. The van der Waals surface area contributed by atoms with Gasteiger partial charge in [-0.05, 0) is 52.6 Å². The molecule has 0 rings (SSSR count). The highest BCUT2D eigenvalue weighted by Gasteiger charge is 2.13. The molecule has 0 radical (unpaired) electrons. The van der Waals surface area contributed by atoms with Crippen LogP contribution in [-0.4, -0.2) is 88.2 Å². The van der Waals surface area contributed by atoms with Gasteiger partial charge in [-0.1, -0.05) is 104 Å². The molecule has 1 unspecified atom stereocenters. The lowest BCUT2D eigenvalue weighted by atomic mass is 10.1. The number of likely N-dealkylation sites (N-methyl/N-ethyl adjacent to an activating group) is 1. The van der Waals surface area contributed by atoms with Gasteiger partial charge in [-0.25, -0.2) is 0 Å². The Morgan fingerprint density at radius 1 is 0.500 bits per heavy atom. The smallest absolute Gasteiger partial charge is 0.313 e. The van der Waals surface area contributed by atoms with E-state index in [1.165, 1.54) is 0 Å². The van der Waals surface area contributed by atoms with Gasteiger partial charge in [0.15, 0.2) is 0 Å². The molecule has 0 aliphatic rings. The molecule has 48 heavy (non-hydrogen) atoms. The number of esters is 2. The maximum absolute atomic E-state index is 12.0. The first-order valence-electron chi connectivity index (χ1n) is 19.5. The second-order valence-corrected chi connectivity index (χ2v) is 13.6. The fraction of sp³-hybridized carbons (Fsp3) is 0.897. The summed E-state index contributed by atoms with van der Waals surface area (Å²) in [5, 5.41) is 0. The summed E-state index contributed by atoms with van der Waals surface area (Å²) in [5.41, 5.74) is 0. The summed E-state index contributed by atoms with van der Waals surface area (Å²) in [5.74, 6) is -0.785. The van der Waals surface area contributed by atoms with Crippen LogP contribution in [0.15, 0.2) is 0 Å². The standard InChI is InChI=1S/C39H73NO8/c1-5-7-9-22-29-47-38(43)31-35(41)25-19-15-11-13-17-21-27-45-34-37(33-40(3)4)46-28-24-18-14-12-16-20-26-36(42)32-39(44)48-30-23-10-8-6-2/h37H,5-34H2,1-4H3. The summed E-state index contributed by atoms with van der Waals surface area (Å²) < 4.78 is 22.4. The van der Waals surface area contributed by atoms with Gasteiger partial charge in [-0.3, -0.25) is 19.2 Å². The molecule has 0 aromatic rings. The molecule has 0 amide bonds. The van der Waals surface area contributed by atoms with Crippen molar-refractivity contribution in [1.82, 2.24) is 4.90 Å². The molecule has 0 N–H and O–H groups in total. The number of rotatable bonds is 37. The summed E-state index contributed by atoms with van der Waals surface area (Å²) in [6.45, 7) is 8.02. The van der Waals surface area contributed by atoms with E-state index in [0.717, 1.165) is 148 Å². The summed E-state index contributed by atoms with van der Waals surface area (Å²) in [6.07, 6.45) is 21.6. The van der Waals surface area contributed by atoms with E-state index in [0.29, 0.717) is 32.7 Å². The van der Waals surface area contributed by atoms with Crippen LogP contribution in [0, 0.1) is 0 Å². The van der Waals surface area contributed by atoms with Crippen LogP contribution in [0.5, 0.6) is 0 Å². The largest absolute Gasteiger partial charge is 0.465 e. The van der Waals surface area contributed by atoms with Crippen molar-refractivity contribution in [3.05, 3.63) is 0 Å². The van der Waals surface area contributed by atoms with Gasteiger partial charge < -0.3 is 23.8 Å². The first-order chi connectivity index (χ1) is 23.3. The van der Waals surface area contributed by atoms with Gasteiger partial charge >= 0.3 is 11.9 Å². The number of nitrogens with zero attached hydrogens (tertiary/aromatic N) is 1. The third kappa shape index (κ3) is 34.0. The molecular weight excluding hydrogens is 610 g/mol. The van der Waals surface area contributed by atoms with Crippen LogP contribution in [0.4, 0.5) is 0 Å². The van der Waals surface area contributed by atoms with Gasteiger partial charge in [0, 0.05) is 32.6 Å². The Balaban J connectivity index is 3.71. The van der Waals surface area contributed by atoms with Crippen molar-refractivity contribution in [1.29, 1.82) is 0 Å². The first kappa shape index (κ1) is 46.2. The average Bonchev–Trinajstić information content (AvgIpc) is 3.04. The van der Waals surface area contributed by atoms with Gasteiger partial charge in [0.05, 0.1) is 25.9 Å². The number of Topliss-reactive ketones (excluding diaryl/α,β-unsaturated/α-hetero) is 2. The Hall–Kier alpha value is -1.84. The van der Waals surface area contributed by atoms with Gasteiger partial charge in [0.2, 0.25) is 0 Å². The number of carbonyl (C=O) groups is 4. The fourth-order valence-electron chi connectivity index (χ4n) is 5.42. The van der Waals surface area contributed by atoms with Crippen molar-refractivity contribution in [3.8, 4) is 0 Å². The second-order valence-electron chi connectivity index (χ2n) is 13.6. The monoisotopic (exact) mass is 684 g/mol. The molecule has 9 heteroatoms. The maximum atomic E-state index is 12.0. The van der Waals surface area contributed by atoms with E-state index in [4.69, 9.17) is 18.9 Å². The van der Waals surface area contributed by atoms with Crippen LogP contribution < -0.4 is 0 Å². The lowest BCUT2D eigenvalue weighted by molar-refractivity contribution is -0.147. The van der Waals surface area contributed by atoms with Gasteiger partial charge in [-0.15, -0.1) is 0 Å². The highest BCUT2D eigenvalue weighted by Crippen LogP contribution is 2.11. The van der Waals surface area contributed by atoms with Crippen LogP contribution in [0.25, 0.3) is 0 Å². The Labute approximate surface area is 293 Å². The fourth-order valence-corrected chi connectivity index (χ4v) is 5.42. The number of carbonyl (C=O) groups excluding carboxylic acids is 4. The molecule has 0 spiro atoms.